The van der Waals surface area contributed by atoms with E-state index in [0.29, 0.717) is 0 Å². The predicted molar refractivity (Wildman–Crippen MR) is 85.8 cm³/mol. The lowest BCUT2D eigenvalue weighted by Gasteiger charge is -2.11. The average Bonchev–Trinajstić information content (AvgIpc) is 2.45. The minimum atomic E-state index is 0.770. The maximum atomic E-state index is 5.70. The summed E-state index contributed by atoms with van der Waals surface area (Å²) in [6.07, 6.45) is 0. The minimum absolute atomic E-state index is 0.770. The maximum absolute atomic E-state index is 5.70. The number of benzene rings is 3. The molecule has 0 saturated heterocycles. The molecule has 3 N–H and O–H groups in total. The summed E-state index contributed by atoms with van der Waals surface area (Å²) in [4.78, 5) is 0. The fourth-order valence-corrected chi connectivity index (χ4v) is 2.57. The molecule has 0 atom stereocenters. The monoisotopic (exact) mass is 312 g/mol. The Morgan fingerprint density at radius 3 is 2.21 bits per heavy atom. The number of nitrogens with two attached hydrogens (primary N) is 1. The van der Waals surface area contributed by atoms with Gasteiger partial charge in [-0.2, -0.15) is 0 Å². The quantitative estimate of drug-likeness (QED) is 0.658. The van der Waals surface area contributed by atoms with Gasteiger partial charge in [0.05, 0.1) is 0 Å². The van der Waals surface area contributed by atoms with Gasteiger partial charge in [0.25, 0.3) is 0 Å². The van der Waals surface area contributed by atoms with Gasteiger partial charge in [-0.1, -0.05) is 40.2 Å². The highest BCUT2D eigenvalue weighted by molar-refractivity contribution is 9.10. The fraction of sp³-hybridized carbons (Fsp3) is 0. The summed E-state index contributed by atoms with van der Waals surface area (Å²) < 4.78 is 1.10. The minimum Gasteiger partial charge on any atom is -0.399 e. The van der Waals surface area contributed by atoms with Crippen LogP contribution in [0.15, 0.2) is 65.1 Å². The molecule has 3 aromatic rings. The van der Waals surface area contributed by atoms with Gasteiger partial charge in [-0.05, 0) is 41.8 Å². The van der Waals surface area contributed by atoms with Crippen LogP contribution in [0, 0.1) is 0 Å². The fourth-order valence-electron chi connectivity index (χ4n) is 2.09. The number of rotatable bonds is 2. The van der Waals surface area contributed by atoms with E-state index in [4.69, 9.17) is 5.73 Å². The van der Waals surface area contributed by atoms with Gasteiger partial charge in [0.15, 0.2) is 0 Å². The van der Waals surface area contributed by atoms with E-state index in [1.165, 1.54) is 10.8 Å². The number of halogens is 1. The van der Waals surface area contributed by atoms with E-state index in [-0.39, 0.29) is 0 Å². The first-order valence-corrected chi connectivity index (χ1v) is 6.83. The van der Waals surface area contributed by atoms with E-state index in [2.05, 4.69) is 45.5 Å². The highest BCUT2D eigenvalue weighted by atomic mass is 79.9. The maximum Gasteiger partial charge on any atom is 0.0464 e. The van der Waals surface area contributed by atoms with Gasteiger partial charge in [0.2, 0.25) is 0 Å². The normalized spacial score (nSPS) is 10.6. The molecule has 94 valence electrons. The van der Waals surface area contributed by atoms with Gasteiger partial charge in [0.1, 0.15) is 0 Å². The predicted octanol–water partition coefficient (Wildman–Crippen LogP) is 4.93. The number of hydrogen-bond acceptors (Lipinski definition) is 2. The lowest BCUT2D eigenvalue weighted by molar-refractivity contribution is 1.57. The molecule has 0 fully saturated rings. The van der Waals surface area contributed by atoms with Crippen molar-refractivity contribution < 1.29 is 0 Å². The zero-order chi connectivity index (χ0) is 13.2. The molecule has 3 heteroatoms. The highest BCUT2D eigenvalue weighted by Crippen LogP contribution is 2.31. The van der Waals surface area contributed by atoms with Crippen LogP contribution in [0.2, 0.25) is 0 Å². The zero-order valence-electron chi connectivity index (χ0n) is 10.2. The summed E-state index contributed by atoms with van der Waals surface area (Å²) in [6, 6.07) is 20.2. The lowest BCUT2D eigenvalue weighted by Crippen LogP contribution is -1.92. The van der Waals surface area contributed by atoms with Crippen LogP contribution in [0.25, 0.3) is 10.8 Å². The van der Waals surface area contributed by atoms with Gasteiger partial charge in [-0.25, -0.2) is 0 Å². The molecule has 0 heterocycles. The third-order valence-electron chi connectivity index (χ3n) is 3.06. The van der Waals surface area contributed by atoms with Crippen molar-refractivity contribution in [3.8, 4) is 0 Å². The molecule has 0 aliphatic heterocycles. The molecule has 0 amide bonds. The number of nitrogens with one attached hydrogen (secondary N) is 1. The Kier molecular flexibility index (Phi) is 3.13. The molecule has 0 radical (unpaired) electrons. The highest BCUT2D eigenvalue weighted by Gasteiger charge is 2.04. The standard InChI is InChI=1S/C16H13BrN2/c17-15-9-10-16(14-4-2-1-3-13(14)15)19-12-7-5-11(18)6-8-12/h1-10,19H,18H2. The van der Waals surface area contributed by atoms with E-state index in [9.17, 15) is 0 Å². The number of anilines is 3. The van der Waals surface area contributed by atoms with Gasteiger partial charge < -0.3 is 11.1 Å². The molecule has 3 aromatic carbocycles. The van der Waals surface area contributed by atoms with Crippen molar-refractivity contribution >= 4 is 43.8 Å². The lowest BCUT2D eigenvalue weighted by atomic mass is 10.1. The van der Waals surface area contributed by atoms with Crippen LogP contribution < -0.4 is 11.1 Å². The van der Waals surface area contributed by atoms with E-state index in [1.807, 2.05) is 36.4 Å². The van der Waals surface area contributed by atoms with E-state index >= 15 is 0 Å². The van der Waals surface area contributed by atoms with Crippen molar-refractivity contribution in [1.29, 1.82) is 0 Å². The topological polar surface area (TPSA) is 38.0 Å². The van der Waals surface area contributed by atoms with Gasteiger partial charge in [-0.3, -0.25) is 0 Å². The molecule has 19 heavy (non-hydrogen) atoms. The first-order valence-electron chi connectivity index (χ1n) is 6.04. The second-order valence-electron chi connectivity index (χ2n) is 4.39. The Bertz CT molecular complexity index is 720. The molecular formula is C16H13BrN2. The molecule has 0 spiro atoms. The Hall–Kier alpha value is -2.00. The molecule has 0 bridgehead atoms. The van der Waals surface area contributed by atoms with Crippen LogP contribution in [0.5, 0.6) is 0 Å². The Balaban J connectivity index is 2.06. The first-order chi connectivity index (χ1) is 9.24. The van der Waals surface area contributed by atoms with E-state index < -0.39 is 0 Å². The Morgan fingerprint density at radius 1 is 0.789 bits per heavy atom. The van der Waals surface area contributed by atoms with Gasteiger partial charge >= 0.3 is 0 Å². The molecule has 0 saturated carbocycles. The number of nitrogen functional groups attached to an aromatic ring is 1. The summed E-state index contributed by atoms with van der Waals surface area (Å²) in [5.74, 6) is 0. The van der Waals surface area contributed by atoms with Crippen molar-refractivity contribution in [3.63, 3.8) is 0 Å². The van der Waals surface area contributed by atoms with Crippen LogP contribution in [-0.2, 0) is 0 Å². The van der Waals surface area contributed by atoms with Crippen LogP contribution >= 0.6 is 15.9 Å². The van der Waals surface area contributed by atoms with Crippen molar-refractivity contribution in [2.24, 2.45) is 0 Å². The Labute approximate surface area is 120 Å². The molecule has 0 aliphatic rings. The second-order valence-corrected chi connectivity index (χ2v) is 5.24. The summed E-state index contributed by atoms with van der Waals surface area (Å²) in [6.45, 7) is 0. The van der Waals surface area contributed by atoms with Crippen LogP contribution in [-0.4, -0.2) is 0 Å². The van der Waals surface area contributed by atoms with Crippen LogP contribution in [0.1, 0.15) is 0 Å². The van der Waals surface area contributed by atoms with Gasteiger partial charge in [-0.15, -0.1) is 0 Å². The summed E-state index contributed by atoms with van der Waals surface area (Å²) in [5.41, 5.74) is 8.58. The first kappa shape index (κ1) is 12.1. The molecule has 2 nitrogen and oxygen atoms in total. The largest absolute Gasteiger partial charge is 0.399 e. The molecule has 3 rings (SSSR count). The van der Waals surface area contributed by atoms with Crippen LogP contribution in [0.4, 0.5) is 17.1 Å². The summed E-state index contributed by atoms with van der Waals surface area (Å²) in [5, 5.41) is 5.81. The molecule has 0 aliphatic carbocycles. The second kappa shape index (κ2) is 4.94. The number of hydrogen-bond donors (Lipinski definition) is 2. The summed E-state index contributed by atoms with van der Waals surface area (Å²) >= 11 is 3.58. The average molecular weight is 313 g/mol. The van der Waals surface area contributed by atoms with Crippen molar-refractivity contribution in [2.75, 3.05) is 11.1 Å². The SMILES string of the molecule is Nc1ccc(Nc2ccc(Br)c3ccccc23)cc1. The Morgan fingerprint density at radius 2 is 1.47 bits per heavy atom. The summed E-state index contributed by atoms with van der Waals surface area (Å²) in [7, 11) is 0. The smallest absolute Gasteiger partial charge is 0.0464 e. The molecule has 0 aromatic heterocycles. The van der Waals surface area contributed by atoms with Crippen LogP contribution in [0.3, 0.4) is 0 Å². The third kappa shape index (κ3) is 2.42. The molecule has 0 unspecified atom stereocenters. The zero-order valence-corrected chi connectivity index (χ0v) is 11.8. The third-order valence-corrected chi connectivity index (χ3v) is 3.75. The van der Waals surface area contributed by atoms with Crippen molar-refractivity contribution in [2.45, 2.75) is 0 Å². The van der Waals surface area contributed by atoms with Gasteiger partial charge in [0, 0.05) is 26.9 Å². The van der Waals surface area contributed by atoms with Crippen molar-refractivity contribution in [3.05, 3.63) is 65.1 Å². The number of fused-ring (bicyclic) bond motifs is 1. The molecular weight excluding hydrogens is 300 g/mol. The van der Waals surface area contributed by atoms with E-state index in [1.54, 1.807) is 0 Å². The van der Waals surface area contributed by atoms with Crippen molar-refractivity contribution in [1.82, 2.24) is 0 Å². The van der Waals surface area contributed by atoms with E-state index in [0.717, 1.165) is 21.5 Å².